The minimum absolute atomic E-state index is 0.0209. The monoisotopic (exact) mass is 344 g/mol. The number of halogens is 2. The van der Waals surface area contributed by atoms with Crippen LogP contribution in [0.25, 0.3) is 0 Å². The summed E-state index contributed by atoms with van der Waals surface area (Å²) in [5.41, 5.74) is 1.89. The summed E-state index contributed by atoms with van der Waals surface area (Å²) in [6.45, 7) is -1.56. The van der Waals surface area contributed by atoms with Crippen molar-refractivity contribution in [2.75, 3.05) is 26.2 Å². The number of hydrogen-bond donors (Lipinski definition) is 0. The van der Waals surface area contributed by atoms with Crippen molar-refractivity contribution in [2.24, 2.45) is 0 Å². The second-order valence-corrected chi connectivity index (χ2v) is 7.28. The largest absolute Gasteiger partial charge is 0.435 e. The smallest absolute Gasteiger partial charge is 0.387 e. The van der Waals surface area contributed by atoms with E-state index >= 15 is 0 Å². The normalized spacial score (nSPS) is 18.7. The maximum absolute atomic E-state index is 12.6. The molecule has 2 aliphatic heterocycles. The van der Waals surface area contributed by atoms with Crippen molar-refractivity contribution in [3.8, 4) is 5.75 Å². The van der Waals surface area contributed by atoms with E-state index in [9.17, 15) is 22.0 Å². The van der Waals surface area contributed by atoms with Crippen LogP contribution in [-0.2, 0) is 14.8 Å². The van der Waals surface area contributed by atoms with Crippen LogP contribution in [-0.4, -0.2) is 56.8 Å². The van der Waals surface area contributed by atoms with Crippen molar-refractivity contribution in [2.45, 2.75) is 11.5 Å². The molecular weight excluding hydrogens is 330 g/mol. The van der Waals surface area contributed by atoms with Crippen LogP contribution in [0.2, 0.25) is 0 Å². The average molecular weight is 344 g/mol. The van der Waals surface area contributed by atoms with Gasteiger partial charge in [0.05, 0.1) is 4.90 Å². The molecule has 6 nitrogen and oxygen atoms in total. The van der Waals surface area contributed by atoms with Crippen molar-refractivity contribution in [3.63, 3.8) is 0 Å². The summed E-state index contributed by atoms with van der Waals surface area (Å²) >= 11 is 0. The number of hydrogen-bond acceptors (Lipinski definition) is 4. The predicted octanol–water partition coefficient (Wildman–Crippen LogP) is 1.06. The minimum Gasteiger partial charge on any atom is -0.435 e. The molecule has 0 radical (unpaired) electrons. The molecule has 0 saturated heterocycles. The zero-order valence-corrected chi connectivity index (χ0v) is 12.8. The number of benzene rings is 1. The van der Waals surface area contributed by atoms with E-state index in [1.807, 2.05) is 0 Å². The topological polar surface area (TPSA) is 66.9 Å². The van der Waals surface area contributed by atoms with Crippen LogP contribution in [0.5, 0.6) is 5.75 Å². The fraction of sp³-hybridized carbons (Fsp3) is 0.357. The quantitative estimate of drug-likeness (QED) is 0.592. The third-order valence-electron chi connectivity index (χ3n) is 3.86. The summed E-state index contributed by atoms with van der Waals surface area (Å²) in [7, 11) is -3.71. The molecule has 0 aliphatic carbocycles. The summed E-state index contributed by atoms with van der Waals surface area (Å²) in [6, 6.07) is 4.89. The van der Waals surface area contributed by atoms with E-state index in [1.54, 1.807) is 4.90 Å². The SMILES string of the molecule is O=CN1CC2=C(C1)CN(S(=O)(=O)c1ccc(OC(F)F)cc1)C2. The van der Waals surface area contributed by atoms with E-state index in [0.29, 0.717) is 13.1 Å². The maximum Gasteiger partial charge on any atom is 0.387 e. The number of nitrogens with zero attached hydrogens (tertiary/aromatic N) is 2. The summed E-state index contributed by atoms with van der Waals surface area (Å²) < 4.78 is 54.9. The number of carbonyl (C=O) groups is 1. The number of ether oxygens (including phenoxy) is 1. The van der Waals surface area contributed by atoms with Crippen LogP contribution in [0.4, 0.5) is 8.78 Å². The molecule has 3 rings (SSSR count). The van der Waals surface area contributed by atoms with Crippen molar-refractivity contribution >= 4 is 16.4 Å². The molecule has 23 heavy (non-hydrogen) atoms. The van der Waals surface area contributed by atoms with Gasteiger partial charge in [0.25, 0.3) is 0 Å². The van der Waals surface area contributed by atoms with Crippen LogP contribution in [0.1, 0.15) is 0 Å². The molecular formula is C14H14F2N2O4S. The van der Waals surface area contributed by atoms with Gasteiger partial charge in [-0.1, -0.05) is 0 Å². The van der Waals surface area contributed by atoms with Gasteiger partial charge in [-0.05, 0) is 35.4 Å². The summed E-state index contributed by atoms with van der Waals surface area (Å²) in [5, 5.41) is 0. The number of rotatable bonds is 5. The van der Waals surface area contributed by atoms with Crippen LogP contribution in [0, 0.1) is 0 Å². The van der Waals surface area contributed by atoms with E-state index in [-0.39, 0.29) is 23.7 Å². The molecule has 0 atom stereocenters. The standard InChI is InChI=1S/C14H14F2N2O4S/c15-14(16)22-12-1-3-13(4-2-12)23(20,21)18-7-10-5-17(9-19)6-11(10)8-18/h1-4,9,14H,5-8H2. The van der Waals surface area contributed by atoms with E-state index in [2.05, 4.69) is 4.74 Å². The first-order chi connectivity index (χ1) is 10.9. The van der Waals surface area contributed by atoms with E-state index < -0.39 is 16.6 Å². The minimum atomic E-state index is -3.71. The lowest BCUT2D eigenvalue weighted by molar-refractivity contribution is -0.117. The Hall–Kier alpha value is -2.00. The van der Waals surface area contributed by atoms with Crippen LogP contribution < -0.4 is 4.74 Å². The molecule has 1 amide bonds. The lowest BCUT2D eigenvalue weighted by Crippen LogP contribution is -2.33. The van der Waals surface area contributed by atoms with Crippen molar-refractivity contribution in [3.05, 3.63) is 35.4 Å². The lowest BCUT2D eigenvalue weighted by Gasteiger charge is -2.20. The fourth-order valence-electron chi connectivity index (χ4n) is 2.76. The first-order valence-electron chi connectivity index (χ1n) is 6.84. The lowest BCUT2D eigenvalue weighted by atomic mass is 10.2. The Kier molecular flexibility index (Phi) is 4.07. The van der Waals surface area contributed by atoms with Crippen LogP contribution in [0.15, 0.2) is 40.3 Å². The Bertz CT molecular complexity index is 729. The van der Waals surface area contributed by atoms with Gasteiger partial charge in [0.2, 0.25) is 16.4 Å². The molecule has 2 heterocycles. The highest BCUT2D eigenvalue weighted by molar-refractivity contribution is 7.89. The van der Waals surface area contributed by atoms with Crippen LogP contribution in [0.3, 0.4) is 0 Å². The Morgan fingerprint density at radius 3 is 2.09 bits per heavy atom. The highest BCUT2D eigenvalue weighted by atomic mass is 32.2. The van der Waals surface area contributed by atoms with Gasteiger partial charge in [0.1, 0.15) is 5.75 Å². The Labute approximate surface area is 132 Å². The summed E-state index contributed by atoms with van der Waals surface area (Å²) in [5.74, 6) is -0.0948. The Balaban J connectivity index is 1.72. The Morgan fingerprint density at radius 2 is 1.61 bits per heavy atom. The number of carbonyl (C=O) groups excluding carboxylic acids is 1. The number of alkyl halides is 2. The van der Waals surface area contributed by atoms with Crippen molar-refractivity contribution < 1.29 is 26.7 Å². The second-order valence-electron chi connectivity index (χ2n) is 5.34. The Morgan fingerprint density at radius 1 is 1.04 bits per heavy atom. The third kappa shape index (κ3) is 3.06. The van der Waals surface area contributed by atoms with Gasteiger partial charge in [0, 0.05) is 26.2 Å². The number of amides is 1. The molecule has 9 heteroatoms. The first-order valence-corrected chi connectivity index (χ1v) is 8.28. The van der Waals surface area contributed by atoms with Crippen molar-refractivity contribution in [1.82, 2.24) is 9.21 Å². The van der Waals surface area contributed by atoms with E-state index in [0.717, 1.165) is 17.6 Å². The van der Waals surface area contributed by atoms with E-state index in [1.165, 1.54) is 28.6 Å². The molecule has 0 saturated carbocycles. The molecule has 124 valence electrons. The van der Waals surface area contributed by atoms with Crippen molar-refractivity contribution in [1.29, 1.82) is 0 Å². The summed E-state index contributed by atoms with van der Waals surface area (Å²) in [4.78, 5) is 12.4. The molecule has 0 aromatic heterocycles. The highest BCUT2D eigenvalue weighted by Crippen LogP contribution is 2.29. The van der Waals surface area contributed by atoms with Crippen LogP contribution >= 0.6 is 0 Å². The molecule has 0 N–H and O–H groups in total. The van der Waals surface area contributed by atoms with Gasteiger partial charge >= 0.3 is 6.61 Å². The first kappa shape index (κ1) is 15.9. The fourth-order valence-corrected chi connectivity index (χ4v) is 4.19. The molecule has 2 aliphatic rings. The van der Waals surface area contributed by atoms with Gasteiger partial charge in [-0.15, -0.1) is 0 Å². The molecule has 0 spiro atoms. The summed E-state index contributed by atoms with van der Waals surface area (Å²) in [6.07, 6.45) is 0.749. The van der Waals surface area contributed by atoms with E-state index in [4.69, 9.17) is 0 Å². The predicted molar refractivity (Wildman–Crippen MR) is 76.5 cm³/mol. The van der Waals surface area contributed by atoms with Gasteiger partial charge in [-0.3, -0.25) is 4.79 Å². The van der Waals surface area contributed by atoms with Gasteiger partial charge in [0.15, 0.2) is 0 Å². The maximum atomic E-state index is 12.6. The number of sulfonamides is 1. The second kappa shape index (κ2) is 5.89. The van der Waals surface area contributed by atoms with Gasteiger partial charge in [-0.25, -0.2) is 8.42 Å². The highest BCUT2D eigenvalue weighted by Gasteiger charge is 2.35. The molecule has 0 bridgehead atoms. The van der Waals surface area contributed by atoms with Gasteiger partial charge in [-0.2, -0.15) is 13.1 Å². The van der Waals surface area contributed by atoms with Gasteiger partial charge < -0.3 is 9.64 Å². The third-order valence-corrected chi connectivity index (χ3v) is 5.66. The zero-order chi connectivity index (χ0) is 16.6. The average Bonchev–Trinajstić information content (AvgIpc) is 3.05. The molecule has 1 aromatic carbocycles. The molecule has 0 fully saturated rings. The zero-order valence-electron chi connectivity index (χ0n) is 12.0. The molecule has 1 aromatic rings. The molecule has 0 unspecified atom stereocenters.